The summed E-state index contributed by atoms with van der Waals surface area (Å²) in [7, 11) is 0. The summed E-state index contributed by atoms with van der Waals surface area (Å²) in [4.78, 5) is 1.01. The number of rotatable bonds is 1. The summed E-state index contributed by atoms with van der Waals surface area (Å²) in [5.41, 5.74) is 1.10. The molecule has 14 heavy (non-hydrogen) atoms. The first-order chi connectivity index (χ1) is 6.74. The van der Waals surface area contributed by atoms with Crippen molar-refractivity contribution >= 4 is 56.6 Å². The van der Waals surface area contributed by atoms with E-state index in [0.29, 0.717) is 6.42 Å². The summed E-state index contributed by atoms with van der Waals surface area (Å²) in [5.74, 6) is 0. The molecule has 0 aliphatic carbocycles. The molecule has 0 atom stereocenters. The molecule has 0 unspecified atom stereocenters. The molecule has 0 aliphatic rings. The third kappa shape index (κ3) is 1.64. The maximum absolute atomic E-state index is 8.69. The molecule has 1 aromatic carbocycles. The monoisotopic (exact) mass is 331 g/mol. The van der Waals surface area contributed by atoms with E-state index in [1.807, 2.05) is 17.5 Å². The highest BCUT2D eigenvalue weighted by Gasteiger charge is 2.08. The number of halogens is 1. The van der Waals surface area contributed by atoms with Gasteiger partial charge in [-0.2, -0.15) is 5.26 Å². The molecule has 0 amide bonds. The van der Waals surface area contributed by atoms with Crippen molar-refractivity contribution in [1.82, 2.24) is 0 Å². The fraction of sp³-hybridized carbons (Fsp3) is 0.100. The first-order valence-electron chi connectivity index (χ1n) is 3.98. The third-order valence-corrected chi connectivity index (χ3v) is 4.48. The van der Waals surface area contributed by atoms with E-state index in [4.69, 9.17) is 5.26 Å². The van der Waals surface area contributed by atoms with Gasteiger partial charge in [-0.05, 0) is 34.2 Å². The maximum Gasteiger partial charge on any atom is 0.0670 e. The Labute approximate surface area is 105 Å². The highest BCUT2D eigenvalue weighted by Crippen LogP contribution is 2.34. The molecule has 1 aromatic heterocycles. The van der Waals surface area contributed by atoms with E-state index in [0.717, 1.165) is 10.5 Å². The van der Waals surface area contributed by atoms with Gasteiger partial charge >= 0.3 is 0 Å². The highest BCUT2D eigenvalue weighted by atomic mass is 127. The van der Waals surface area contributed by atoms with Crippen LogP contribution in [0.2, 0.25) is 0 Å². The zero-order chi connectivity index (χ0) is 10.1. The first kappa shape index (κ1) is 10.3. The molecule has 0 spiro atoms. The quantitative estimate of drug-likeness (QED) is 0.623. The molecule has 2 rings (SSSR count). The van der Waals surface area contributed by atoms with Crippen molar-refractivity contribution in [2.45, 2.75) is 11.3 Å². The standard InChI is InChI=1S/C10H6INS2/c11-7-2-1-6(3-4-12)10-9(7)8(13)5-14-10/h1-2,5,13H,3H2. The SMILES string of the molecule is N#CCc1ccc(I)c2c(S)csc12. The van der Waals surface area contributed by atoms with Gasteiger partial charge < -0.3 is 0 Å². The lowest BCUT2D eigenvalue weighted by molar-refractivity contribution is 1.29. The predicted octanol–water partition coefficient (Wildman–Crippen LogP) is 3.86. The van der Waals surface area contributed by atoms with E-state index >= 15 is 0 Å². The molecule has 70 valence electrons. The Balaban J connectivity index is 2.78. The van der Waals surface area contributed by atoms with Crippen LogP contribution in [0.15, 0.2) is 22.4 Å². The smallest absolute Gasteiger partial charge is 0.0670 e. The number of nitrogens with zero attached hydrogens (tertiary/aromatic N) is 1. The van der Waals surface area contributed by atoms with Crippen molar-refractivity contribution < 1.29 is 0 Å². The number of fused-ring (bicyclic) bond motifs is 1. The lowest BCUT2D eigenvalue weighted by Crippen LogP contribution is -1.83. The Morgan fingerprint density at radius 2 is 2.29 bits per heavy atom. The lowest BCUT2D eigenvalue weighted by Gasteiger charge is -2.00. The molecule has 0 saturated carbocycles. The summed E-state index contributed by atoms with van der Waals surface area (Å²) in [6.45, 7) is 0. The van der Waals surface area contributed by atoms with Gasteiger partial charge in [0, 0.05) is 23.9 Å². The Hall–Kier alpha value is -0.250. The third-order valence-electron chi connectivity index (χ3n) is 2.00. The van der Waals surface area contributed by atoms with Crippen LogP contribution in [-0.2, 0) is 6.42 Å². The van der Waals surface area contributed by atoms with Crippen LogP contribution in [-0.4, -0.2) is 0 Å². The van der Waals surface area contributed by atoms with Crippen LogP contribution in [0, 0.1) is 14.9 Å². The fourth-order valence-electron chi connectivity index (χ4n) is 1.37. The van der Waals surface area contributed by atoms with Crippen molar-refractivity contribution in [2.75, 3.05) is 0 Å². The van der Waals surface area contributed by atoms with E-state index in [1.165, 1.54) is 13.7 Å². The minimum absolute atomic E-state index is 0.473. The van der Waals surface area contributed by atoms with Gasteiger partial charge in [-0.3, -0.25) is 0 Å². The van der Waals surface area contributed by atoms with E-state index in [1.54, 1.807) is 11.3 Å². The van der Waals surface area contributed by atoms with Crippen LogP contribution in [0.5, 0.6) is 0 Å². The predicted molar refractivity (Wildman–Crippen MR) is 71.1 cm³/mol. The van der Waals surface area contributed by atoms with Crippen molar-refractivity contribution in [3.05, 3.63) is 26.6 Å². The minimum atomic E-state index is 0.473. The number of hydrogen-bond acceptors (Lipinski definition) is 3. The summed E-state index contributed by atoms with van der Waals surface area (Å²) in [6, 6.07) is 6.25. The van der Waals surface area contributed by atoms with E-state index in [2.05, 4.69) is 41.3 Å². The number of benzene rings is 1. The lowest BCUT2D eigenvalue weighted by atomic mass is 10.1. The summed E-state index contributed by atoms with van der Waals surface area (Å²) in [5, 5.41) is 11.9. The van der Waals surface area contributed by atoms with Gasteiger partial charge in [-0.15, -0.1) is 24.0 Å². The second-order valence-electron chi connectivity index (χ2n) is 2.87. The molecule has 0 fully saturated rings. The van der Waals surface area contributed by atoms with Gasteiger partial charge in [0.15, 0.2) is 0 Å². The van der Waals surface area contributed by atoms with Crippen molar-refractivity contribution in [3.63, 3.8) is 0 Å². The maximum atomic E-state index is 8.69. The van der Waals surface area contributed by atoms with Crippen LogP contribution in [0.25, 0.3) is 10.1 Å². The minimum Gasteiger partial charge on any atom is -0.198 e. The number of nitriles is 1. The van der Waals surface area contributed by atoms with Gasteiger partial charge in [0.2, 0.25) is 0 Å². The van der Waals surface area contributed by atoms with Crippen LogP contribution in [0.1, 0.15) is 5.56 Å². The van der Waals surface area contributed by atoms with Gasteiger partial charge in [0.25, 0.3) is 0 Å². The van der Waals surface area contributed by atoms with Crippen molar-refractivity contribution in [2.24, 2.45) is 0 Å². The fourth-order valence-corrected chi connectivity index (χ4v) is 3.95. The Bertz CT molecular complexity index is 525. The summed E-state index contributed by atoms with van der Waals surface area (Å²) < 4.78 is 2.40. The molecule has 0 saturated heterocycles. The first-order valence-corrected chi connectivity index (χ1v) is 6.39. The van der Waals surface area contributed by atoms with E-state index in [-0.39, 0.29) is 0 Å². The zero-order valence-corrected chi connectivity index (χ0v) is 11.0. The van der Waals surface area contributed by atoms with E-state index in [9.17, 15) is 0 Å². The summed E-state index contributed by atoms with van der Waals surface area (Å²) >= 11 is 8.37. The molecular weight excluding hydrogens is 325 g/mol. The van der Waals surface area contributed by atoms with Gasteiger partial charge in [-0.1, -0.05) is 6.07 Å². The van der Waals surface area contributed by atoms with Crippen molar-refractivity contribution in [1.29, 1.82) is 5.26 Å². The molecule has 4 heteroatoms. The van der Waals surface area contributed by atoms with Gasteiger partial charge in [0.05, 0.1) is 12.5 Å². The average molecular weight is 331 g/mol. The Kier molecular flexibility index (Phi) is 3.00. The normalized spacial score (nSPS) is 10.4. The summed E-state index contributed by atoms with van der Waals surface area (Å²) in [6.07, 6.45) is 0.473. The van der Waals surface area contributed by atoms with E-state index < -0.39 is 0 Å². The topological polar surface area (TPSA) is 23.8 Å². The number of hydrogen-bond donors (Lipinski definition) is 1. The molecule has 0 N–H and O–H groups in total. The molecule has 0 aliphatic heterocycles. The number of thiophene rings is 1. The van der Waals surface area contributed by atoms with Crippen LogP contribution < -0.4 is 0 Å². The largest absolute Gasteiger partial charge is 0.198 e. The zero-order valence-electron chi connectivity index (χ0n) is 7.12. The average Bonchev–Trinajstić information content (AvgIpc) is 2.54. The molecule has 0 radical (unpaired) electrons. The van der Waals surface area contributed by atoms with Crippen LogP contribution in [0.3, 0.4) is 0 Å². The second-order valence-corrected chi connectivity index (χ2v) is 5.39. The molecule has 1 heterocycles. The Morgan fingerprint density at radius 3 is 3.00 bits per heavy atom. The highest BCUT2D eigenvalue weighted by molar-refractivity contribution is 14.1. The van der Waals surface area contributed by atoms with Crippen LogP contribution >= 0.6 is 46.6 Å². The van der Waals surface area contributed by atoms with Gasteiger partial charge in [-0.25, -0.2) is 0 Å². The molecule has 1 nitrogen and oxygen atoms in total. The Morgan fingerprint density at radius 1 is 1.50 bits per heavy atom. The molecular formula is C10H6INS2. The second kappa shape index (κ2) is 4.09. The molecule has 2 aromatic rings. The van der Waals surface area contributed by atoms with Crippen LogP contribution in [0.4, 0.5) is 0 Å². The van der Waals surface area contributed by atoms with Gasteiger partial charge in [0.1, 0.15) is 0 Å². The number of thiol groups is 1. The molecule has 0 bridgehead atoms. The van der Waals surface area contributed by atoms with Crippen molar-refractivity contribution in [3.8, 4) is 6.07 Å².